The standard InChI is InChI=1S/C29H35NO8/c1-28(2,3)26(31)34-17-21-16-33-23-8-6-18(12-24(23)36-21)10-11-30-14-25(37-27(30)32)19-7-9-22-20(13-19)15-35-29(4,5)38-22/h6-9,12-13,21,25H,10-11,14-17H2,1-5H3/t21-,25-/m0/s1. The van der Waals surface area contributed by atoms with Gasteiger partial charge in [-0.2, -0.15) is 0 Å². The number of cyclic esters (lactones) is 1. The molecule has 204 valence electrons. The van der Waals surface area contributed by atoms with Crippen LogP contribution in [0.5, 0.6) is 17.2 Å². The van der Waals surface area contributed by atoms with Gasteiger partial charge in [0.05, 0.1) is 18.6 Å². The predicted octanol–water partition coefficient (Wildman–Crippen LogP) is 4.80. The molecule has 3 aliphatic heterocycles. The van der Waals surface area contributed by atoms with E-state index in [2.05, 4.69) is 0 Å². The average Bonchev–Trinajstić information content (AvgIpc) is 3.24. The molecule has 1 amide bonds. The molecule has 1 fully saturated rings. The Morgan fingerprint density at radius 1 is 1.08 bits per heavy atom. The molecule has 2 aromatic rings. The van der Waals surface area contributed by atoms with Crippen LogP contribution in [0.4, 0.5) is 4.79 Å². The zero-order valence-corrected chi connectivity index (χ0v) is 22.6. The minimum atomic E-state index is -0.654. The number of esters is 1. The molecule has 2 aromatic carbocycles. The first kappa shape index (κ1) is 26.2. The summed E-state index contributed by atoms with van der Waals surface area (Å²) in [6.07, 6.45) is -0.431. The number of hydrogen-bond donors (Lipinski definition) is 0. The van der Waals surface area contributed by atoms with Gasteiger partial charge in [0.15, 0.2) is 17.6 Å². The minimum absolute atomic E-state index is 0.124. The summed E-state index contributed by atoms with van der Waals surface area (Å²) in [4.78, 5) is 26.4. The van der Waals surface area contributed by atoms with Gasteiger partial charge in [-0.05, 0) is 62.6 Å². The van der Waals surface area contributed by atoms with E-state index >= 15 is 0 Å². The first-order chi connectivity index (χ1) is 18.0. The molecule has 0 spiro atoms. The molecule has 0 N–H and O–H groups in total. The Balaban J connectivity index is 1.16. The lowest BCUT2D eigenvalue weighted by atomic mass is 9.97. The van der Waals surface area contributed by atoms with Crippen LogP contribution in [-0.4, -0.2) is 55.2 Å². The number of carbonyl (C=O) groups excluding carboxylic acids is 2. The summed E-state index contributed by atoms with van der Waals surface area (Å²) in [7, 11) is 0. The lowest BCUT2D eigenvalue weighted by Crippen LogP contribution is -2.36. The van der Waals surface area contributed by atoms with E-state index in [0.29, 0.717) is 44.2 Å². The zero-order chi connectivity index (χ0) is 27.1. The average molecular weight is 526 g/mol. The molecule has 9 nitrogen and oxygen atoms in total. The van der Waals surface area contributed by atoms with E-state index in [1.165, 1.54) is 0 Å². The van der Waals surface area contributed by atoms with E-state index in [-0.39, 0.29) is 30.9 Å². The van der Waals surface area contributed by atoms with Crippen LogP contribution in [-0.2, 0) is 32.0 Å². The number of rotatable bonds is 6. The van der Waals surface area contributed by atoms with Crippen molar-refractivity contribution in [3.05, 3.63) is 53.1 Å². The first-order valence-electron chi connectivity index (χ1n) is 13.0. The second-order valence-electron chi connectivity index (χ2n) is 11.4. The second-order valence-corrected chi connectivity index (χ2v) is 11.4. The van der Waals surface area contributed by atoms with Gasteiger partial charge in [-0.3, -0.25) is 4.79 Å². The molecule has 3 aliphatic rings. The van der Waals surface area contributed by atoms with Crippen molar-refractivity contribution < 1.29 is 38.0 Å². The van der Waals surface area contributed by atoms with Crippen molar-refractivity contribution in [2.75, 3.05) is 26.3 Å². The normalized spacial score (nSPS) is 21.8. The van der Waals surface area contributed by atoms with Crippen molar-refractivity contribution in [2.24, 2.45) is 5.41 Å². The molecule has 9 heteroatoms. The van der Waals surface area contributed by atoms with E-state index in [4.69, 9.17) is 28.4 Å². The minimum Gasteiger partial charge on any atom is -0.486 e. The van der Waals surface area contributed by atoms with E-state index in [9.17, 15) is 9.59 Å². The van der Waals surface area contributed by atoms with Crippen LogP contribution in [0, 0.1) is 5.41 Å². The van der Waals surface area contributed by atoms with Crippen molar-refractivity contribution in [3.63, 3.8) is 0 Å². The highest BCUT2D eigenvalue weighted by atomic mass is 16.7. The van der Waals surface area contributed by atoms with Gasteiger partial charge in [-0.1, -0.05) is 12.1 Å². The highest BCUT2D eigenvalue weighted by Gasteiger charge is 2.34. The quantitative estimate of drug-likeness (QED) is 0.497. The van der Waals surface area contributed by atoms with Crippen molar-refractivity contribution in [1.29, 1.82) is 0 Å². The molecule has 5 rings (SSSR count). The summed E-state index contributed by atoms with van der Waals surface area (Å²) in [5.74, 6) is 1.11. The molecule has 0 aliphatic carbocycles. The Kier molecular flexibility index (Phi) is 6.90. The van der Waals surface area contributed by atoms with Crippen molar-refractivity contribution in [2.45, 2.75) is 65.6 Å². The van der Waals surface area contributed by atoms with Gasteiger partial charge in [0.2, 0.25) is 5.79 Å². The molecule has 1 saturated heterocycles. The van der Waals surface area contributed by atoms with Crippen molar-refractivity contribution >= 4 is 12.1 Å². The monoisotopic (exact) mass is 525 g/mol. The van der Waals surface area contributed by atoms with Crippen LogP contribution in [0.25, 0.3) is 0 Å². The molecule has 2 atom stereocenters. The third-order valence-corrected chi connectivity index (χ3v) is 6.68. The molecular formula is C29H35NO8. The summed E-state index contributed by atoms with van der Waals surface area (Å²) in [6.45, 7) is 11.0. The summed E-state index contributed by atoms with van der Waals surface area (Å²) >= 11 is 0. The van der Waals surface area contributed by atoms with Gasteiger partial charge >= 0.3 is 12.1 Å². The van der Waals surface area contributed by atoms with Crippen LogP contribution < -0.4 is 14.2 Å². The lowest BCUT2D eigenvalue weighted by Gasteiger charge is -2.32. The fourth-order valence-electron chi connectivity index (χ4n) is 4.47. The van der Waals surface area contributed by atoms with Crippen molar-refractivity contribution in [3.8, 4) is 17.2 Å². The van der Waals surface area contributed by atoms with Gasteiger partial charge in [-0.25, -0.2) is 4.79 Å². The fourth-order valence-corrected chi connectivity index (χ4v) is 4.47. The maximum absolute atomic E-state index is 12.6. The number of hydrogen-bond acceptors (Lipinski definition) is 8. The zero-order valence-electron chi connectivity index (χ0n) is 22.6. The van der Waals surface area contributed by atoms with Crippen LogP contribution in [0.15, 0.2) is 36.4 Å². The summed E-state index contributed by atoms with van der Waals surface area (Å²) in [5, 5.41) is 0. The van der Waals surface area contributed by atoms with E-state index in [0.717, 1.165) is 22.4 Å². The first-order valence-corrected chi connectivity index (χ1v) is 13.0. The highest BCUT2D eigenvalue weighted by molar-refractivity contribution is 5.75. The van der Waals surface area contributed by atoms with Crippen LogP contribution in [0.2, 0.25) is 0 Å². The third kappa shape index (κ3) is 5.83. The highest BCUT2D eigenvalue weighted by Crippen LogP contribution is 2.36. The molecule has 0 aromatic heterocycles. The SMILES string of the molecule is CC1(C)OCc2cc([C@@H]3CN(CCc4ccc5c(c4)O[C@H](COC(=O)C(C)(C)C)CO5)C(=O)O3)ccc2O1. The van der Waals surface area contributed by atoms with Crippen molar-refractivity contribution in [1.82, 2.24) is 4.90 Å². The Hall–Kier alpha value is -3.46. The fraction of sp³-hybridized carbons (Fsp3) is 0.517. The number of nitrogens with zero attached hydrogens (tertiary/aromatic N) is 1. The number of benzene rings is 2. The summed E-state index contributed by atoms with van der Waals surface area (Å²) < 4.78 is 34.5. The number of amides is 1. The Morgan fingerprint density at radius 3 is 2.66 bits per heavy atom. The van der Waals surface area contributed by atoms with Crippen LogP contribution in [0.3, 0.4) is 0 Å². The maximum atomic E-state index is 12.6. The number of carbonyl (C=O) groups is 2. The topological polar surface area (TPSA) is 92.8 Å². The van der Waals surface area contributed by atoms with E-state index in [1.54, 1.807) is 4.90 Å². The Labute approximate surface area is 222 Å². The lowest BCUT2D eigenvalue weighted by molar-refractivity contribution is -0.180. The van der Waals surface area contributed by atoms with E-state index < -0.39 is 11.2 Å². The summed E-state index contributed by atoms with van der Waals surface area (Å²) in [5.41, 5.74) is 2.29. The van der Waals surface area contributed by atoms with Gasteiger partial charge in [0.1, 0.15) is 25.1 Å². The Bertz CT molecular complexity index is 1220. The Morgan fingerprint density at radius 2 is 1.87 bits per heavy atom. The maximum Gasteiger partial charge on any atom is 0.410 e. The largest absolute Gasteiger partial charge is 0.486 e. The van der Waals surface area contributed by atoms with Gasteiger partial charge in [0, 0.05) is 26.0 Å². The van der Waals surface area contributed by atoms with Gasteiger partial charge < -0.3 is 33.3 Å². The molecule has 3 heterocycles. The van der Waals surface area contributed by atoms with Crippen LogP contribution >= 0.6 is 0 Å². The number of ether oxygens (including phenoxy) is 6. The molecule has 0 bridgehead atoms. The molecule has 0 unspecified atom stereocenters. The van der Waals surface area contributed by atoms with Crippen LogP contribution in [0.1, 0.15) is 57.4 Å². The van der Waals surface area contributed by atoms with Gasteiger partial charge in [0.25, 0.3) is 0 Å². The predicted molar refractivity (Wildman–Crippen MR) is 137 cm³/mol. The number of fused-ring (bicyclic) bond motifs is 2. The second kappa shape index (κ2) is 10.0. The smallest absolute Gasteiger partial charge is 0.410 e. The third-order valence-electron chi connectivity index (χ3n) is 6.68. The molecule has 0 radical (unpaired) electrons. The van der Waals surface area contributed by atoms with Gasteiger partial charge in [-0.15, -0.1) is 0 Å². The molecule has 0 saturated carbocycles. The summed E-state index contributed by atoms with van der Waals surface area (Å²) in [6, 6.07) is 11.6. The molecule has 38 heavy (non-hydrogen) atoms. The van der Waals surface area contributed by atoms with E-state index in [1.807, 2.05) is 71.0 Å². The molecular weight excluding hydrogens is 490 g/mol.